The number of aromatic nitrogens is 5. The number of H-pyrrole nitrogens is 2. The van der Waals surface area contributed by atoms with Crippen molar-refractivity contribution < 1.29 is 14.3 Å². The number of carbonyl (C=O) groups is 1. The Kier molecular flexibility index (Phi) is 6.16. The molecule has 42 heavy (non-hydrogen) atoms. The molecule has 0 radical (unpaired) electrons. The number of phenols is 1. The van der Waals surface area contributed by atoms with Crippen LogP contribution in [0.15, 0.2) is 104 Å². The maximum atomic E-state index is 14.0. The highest BCUT2D eigenvalue weighted by atomic mass is 19.1. The van der Waals surface area contributed by atoms with Crippen molar-refractivity contribution in [2.24, 2.45) is 0 Å². The number of rotatable bonds is 6. The van der Waals surface area contributed by atoms with E-state index < -0.39 is 5.82 Å². The van der Waals surface area contributed by atoms with Crippen LogP contribution in [0.25, 0.3) is 55.4 Å². The van der Waals surface area contributed by atoms with Crippen molar-refractivity contribution in [1.82, 2.24) is 25.1 Å². The summed E-state index contributed by atoms with van der Waals surface area (Å²) in [6.07, 6.45) is 7.00. The molecule has 0 aliphatic rings. The molecular formula is C33H23FN6O2. The molecule has 0 spiro atoms. The Balaban J connectivity index is 1.22. The van der Waals surface area contributed by atoms with Gasteiger partial charge in [0.1, 0.15) is 17.3 Å². The normalized spacial score (nSPS) is 11.3. The van der Waals surface area contributed by atoms with E-state index in [2.05, 4.69) is 30.5 Å². The summed E-state index contributed by atoms with van der Waals surface area (Å²) in [5.41, 5.74) is 7.56. The predicted molar refractivity (Wildman–Crippen MR) is 160 cm³/mol. The van der Waals surface area contributed by atoms with Gasteiger partial charge in [0, 0.05) is 40.4 Å². The molecule has 0 atom stereocenters. The first-order valence-corrected chi connectivity index (χ1v) is 13.2. The van der Waals surface area contributed by atoms with Gasteiger partial charge in [-0.3, -0.25) is 19.9 Å². The number of amides is 1. The van der Waals surface area contributed by atoms with Crippen molar-refractivity contribution >= 4 is 33.4 Å². The first kappa shape index (κ1) is 25.2. The van der Waals surface area contributed by atoms with E-state index in [1.165, 1.54) is 12.1 Å². The maximum Gasteiger partial charge on any atom is 0.228 e. The van der Waals surface area contributed by atoms with Gasteiger partial charge in [-0.2, -0.15) is 5.10 Å². The molecule has 204 valence electrons. The second-order valence-corrected chi connectivity index (χ2v) is 10.0. The Morgan fingerprint density at radius 3 is 2.52 bits per heavy atom. The van der Waals surface area contributed by atoms with Crippen LogP contribution in [-0.4, -0.2) is 36.2 Å². The number of carbonyl (C=O) groups excluding carboxylic acids is 1. The molecule has 0 unspecified atom stereocenters. The fourth-order valence-corrected chi connectivity index (χ4v) is 5.19. The zero-order valence-electron chi connectivity index (χ0n) is 22.1. The van der Waals surface area contributed by atoms with Gasteiger partial charge in [-0.1, -0.05) is 36.4 Å². The van der Waals surface area contributed by atoms with Crippen molar-refractivity contribution in [2.45, 2.75) is 6.42 Å². The number of aromatic amines is 2. The Labute approximate surface area is 238 Å². The summed E-state index contributed by atoms with van der Waals surface area (Å²) < 4.78 is 14.0. The number of benzene rings is 3. The van der Waals surface area contributed by atoms with E-state index in [1.807, 2.05) is 60.7 Å². The van der Waals surface area contributed by atoms with E-state index in [4.69, 9.17) is 0 Å². The third-order valence-electron chi connectivity index (χ3n) is 7.12. The van der Waals surface area contributed by atoms with Gasteiger partial charge >= 0.3 is 0 Å². The molecule has 0 bridgehead atoms. The number of anilines is 1. The van der Waals surface area contributed by atoms with Gasteiger partial charge in [-0.15, -0.1) is 0 Å². The zero-order valence-corrected chi connectivity index (χ0v) is 22.1. The average molecular weight is 555 g/mol. The molecule has 0 aliphatic carbocycles. The Morgan fingerprint density at radius 2 is 1.67 bits per heavy atom. The second kappa shape index (κ2) is 10.3. The summed E-state index contributed by atoms with van der Waals surface area (Å²) in [6.45, 7) is 0. The monoisotopic (exact) mass is 554 g/mol. The molecule has 1 amide bonds. The van der Waals surface area contributed by atoms with Gasteiger partial charge in [0.15, 0.2) is 0 Å². The molecule has 4 N–H and O–H groups in total. The number of hydrogen-bond acceptors (Lipinski definition) is 5. The summed E-state index contributed by atoms with van der Waals surface area (Å²) in [6, 6.07) is 23.3. The lowest BCUT2D eigenvalue weighted by molar-refractivity contribution is -0.115. The largest absolute Gasteiger partial charge is 0.508 e. The minimum absolute atomic E-state index is 0.117. The molecule has 8 nitrogen and oxygen atoms in total. The third-order valence-corrected chi connectivity index (χ3v) is 7.12. The number of hydrogen-bond donors (Lipinski definition) is 4. The van der Waals surface area contributed by atoms with Crippen LogP contribution in [0.4, 0.5) is 10.1 Å². The molecule has 0 aliphatic heterocycles. The van der Waals surface area contributed by atoms with E-state index in [0.29, 0.717) is 22.5 Å². The average Bonchev–Trinajstić information content (AvgIpc) is 3.61. The van der Waals surface area contributed by atoms with Gasteiger partial charge < -0.3 is 15.4 Å². The first-order chi connectivity index (χ1) is 20.5. The summed E-state index contributed by atoms with van der Waals surface area (Å²) >= 11 is 0. The minimum atomic E-state index is -0.530. The summed E-state index contributed by atoms with van der Waals surface area (Å²) in [5, 5.41) is 22.2. The maximum absolute atomic E-state index is 14.0. The number of phenolic OH excluding ortho intramolecular Hbond substituents is 1. The number of nitrogens with one attached hydrogen (secondary N) is 3. The fourth-order valence-electron chi connectivity index (χ4n) is 5.19. The molecule has 0 saturated heterocycles. The van der Waals surface area contributed by atoms with Crippen molar-refractivity contribution in [2.75, 3.05) is 5.32 Å². The number of pyridine rings is 2. The zero-order chi connectivity index (χ0) is 28.6. The smallest absolute Gasteiger partial charge is 0.228 e. The third kappa shape index (κ3) is 4.84. The molecule has 4 heterocycles. The van der Waals surface area contributed by atoms with Crippen LogP contribution < -0.4 is 5.32 Å². The van der Waals surface area contributed by atoms with Crippen LogP contribution in [0.1, 0.15) is 5.56 Å². The van der Waals surface area contributed by atoms with Crippen molar-refractivity contribution in [1.29, 1.82) is 0 Å². The predicted octanol–water partition coefficient (Wildman–Crippen LogP) is 6.86. The lowest BCUT2D eigenvalue weighted by atomic mass is 10.0. The number of aromatic hydroxyl groups is 1. The molecule has 3 aromatic carbocycles. The van der Waals surface area contributed by atoms with E-state index in [0.717, 1.165) is 50.3 Å². The second-order valence-electron chi connectivity index (χ2n) is 10.0. The minimum Gasteiger partial charge on any atom is -0.508 e. The van der Waals surface area contributed by atoms with Gasteiger partial charge in [-0.25, -0.2) is 4.39 Å². The molecule has 0 saturated carbocycles. The molecule has 7 aromatic rings. The van der Waals surface area contributed by atoms with Gasteiger partial charge in [-0.05, 0) is 53.1 Å². The Bertz CT molecular complexity index is 2080. The summed E-state index contributed by atoms with van der Waals surface area (Å²) in [5.74, 6) is -0.801. The first-order valence-electron chi connectivity index (χ1n) is 13.2. The van der Waals surface area contributed by atoms with Crippen molar-refractivity contribution in [3.05, 3.63) is 115 Å². The van der Waals surface area contributed by atoms with E-state index >= 15 is 0 Å². The number of halogens is 1. The molecule has 0 fully saturated rings. The standard InChI is InChI=1S/C33H23FN6O2/c34-23-9-21(11-25(41)13-23)28-17-36-18-31-26(28)14-30(38-31)33-27-12-20(6-7-29(27)39-40-33)22-10-24(16-35-15-22)37-32(42)8-19-4-2-1-3-5-19/h1-7,9-18,38,41H,8H2,(H,37,42)(H,39,40). The Morgan fingerprint density at radius 1 is 0.810 bits per heavy atom. The highest BCUT2D eigenvalue weighted by molar-refractivity contribution is 6.01. The quantitative estimate of drug-likeness (QED) is 0.179. The van der Waals surface area contributed by atoms with Crippen LogP contribution >= 0.6 is 0 Å². The fraction of sp³-hybridized carbons (Fsp3) is 0.0303. The van der Waals surface area contributed by atoms with E-state index in [9.17, 15) is 14.3 Å². The van der Waals surface area contributed by atoms with Crippen LogP contribution in [0.3, 0.4) is 0 Å². The van der Waals surface area contributed by atoms with Crippen LogP contribution in [-0.2, 0) is 11.2 Å². The molecular weight excluding hydrogens is 531 g/mol. The summed E-state index contributed by atoms with van der Waals surface area (Å²) in [7, 11) is 0. The number of nitrogens with zero attached hydrogens (tertiary/aromatic N) is 3. The van der Waals surface area contributed by atoms with Crippen LogP contribution in [0.2, 0.25) is 0 Å². The lowest BCUT2D eigenvalue weighted by Gasteiger charge is -2.08. The highest BCUT2D eigenvalue weighted by Crippen LogP contribution is 2.36. The Hall–Kier alpha value is -5.83. The SMILES string of the molecule is O=C(Cc1ccccc1)Nc1cncc(-c2ccc3[nH]nc(-c4cc5c(-c6cc(O)cc(F)c6)cncc5[nH]4)c3c2)c1. The topological polar surface area (TPSA) is 120 Å². The summed E-state index contributed by atoms with van der Waals surface area (Å²) in [4.78, 5) is 24.6. The number of fused-ring (bicyclic) bond motifs is 2. The molecule has 9 heteroatoms. The molecule has 7 rings (SSSR count). The lowest BCUT2D eigenvalue weighted by Crippen LogP contribution is -2.14. The van der Waals surface area contributed by atoms with Gasteiger partial charge in [0.05, 0.1) is 41.2 Å². The van der Waals surface area contributed by atoms with Crippen molar-refractivity contribution in [3.63, 3.8) is 0 Å². The van der Waals surface area contributed by atoms with E-state index in [1.54, 1.807) is 24.8 Å². The highest BCUT2D eigenvalue weighted by Gasteiger charge is 2.16. The van der Waals surface area contributed by atoms with E-state index in [-0.39, 0.29) is 18.1 Å². The van der Waals surface area contributed by atoms with Crippen LogP contribution in [0.5, 0.6) is 5.75 Å². The van der Waals surface area contributed by atoms with Gasteiger partial charge in [0.2, 0.25) is 5.91 Å². The van der Waals surface area contributed by atoms with Crippen molar-refractivity contribution in [3.8, 4) is 39.4 Å². The van der Waals surface area contributed by atoms with Gasteiger partial charge in [0.25, 0.3) is 0 Å². The van der Waals surface area contributed by atoms with Crippen LogP contribution in [0, 0.1) is 5.82 Å². The molecule has 4 aromatic heterocycles.